The number of aliphatic hydroxyl groups is 1. The number of amides is 2. The van der Waals surface area contributed by atoms with Gasteiger partial charge in [0.05, 0.1) is 12.6 Å². The number of likely N-dealkylation sites (tertiary alicyclic amines) is 1. The highest BCUT2D eigenvalue weighted by molar-refractivity contribution is 5.88. The number of aliphatic hydroxyl groups excluding tert-OH is 1. The number of primary amides is 1. The number of hydrogen-bond acceptors (Lipinski definition) is 5. The van der Waals surface area contributed by atoms with E-state index in [2.05, 4.69) is 10.2 Å². The third-order valence-electron chi connectivity index (χ3n) is 3.72. The van der Waals surface area contributed by atoms with Gasteiger partial charge in [-0.2, -0.15) is 0 Å². The lowest BCUT2D eigenvalue weighted by Gasteiger charge is -2.26. The first-order chi connectivity index (χ1) is 9.08. The fraction of sp³-hybridized carbons (Fsp3) is 0.833. The highest BCUT2D eigenvalue weighted by atomic mass is 16.3. The van der Waals surface area contributed by atoms with Gasteiger partial charge in [0, 0.05) is 26.1 Å². The van der Waals surface area contributed by atoms with Crippen molar-refractivity contribution in [3.63, 3.8) is 0 Å². The summed E-state index contributed by atoms with van der Waals surface area (Å²) < 4.78 is 0. The van der Waals surface area contributed by atoms with Crippen LogP contribution in [-0.4, -0.2) is 78.1 Å². The molecule has 4 N–H and O–H groups in total. The molecular formula is C12H22N4O3. The van der Waals surface area contributed by atoms with Crippen molar-refractivity contribution in [2.75, 3.05) is 39.3 Å². The van der Waals surface area contributed by atoms with Gasteiger partial charge in [-0.1, -0.05) is 0 Å². The molecule has 0 bridgehead atoms. The summed E-state index contributed by atoms with van der Waals surface area (Å²) in [5.74, 6) is -0.662. The van der Waals surface area contributed by atoms with E-state index in [1.807, 2.05) is 0 Å². The van der Waals surface area contributed by atoms with Crippen LogP contribution in [0.2, 0.25) is 0 Å². The van der Waals surface area contributed by atoms with E-state index in [0.717, 1.165) is 32.6 Å². The molecule has 108 valence electrons. The monoisotopic (exact) mass is 270 g/mol. The highest BCUT2D eigenvalue weighted by Crippen LogP contribution is 2.18. The first-order valence-electron chi connectivity index (χ1n) is 6.78. The van der Waals surface area contributed by atoms with Gasteiger partial charge in [0.1, 0.15) is 6.04 Å². The molecule has 19 heavy (non-hydrogen) atoms. The van der Waals surface area contributed by atoms with Crippen molar-refractivity contribution in [2.24, 2.45) is 5.73 Å². The van der Waals surface area contributed by atoms with Crippen molar-refractivity contribution in [3.05, 3.63) is 0 Å². The van der Waals surface area contributed by atoms with Crippen molar-refractivity contribution in [2.45, 2.75) is 25.0 Å². The fourth-order valence-electron chi connectivity index (χ4n) is 2.70. The number of nitrogens with zero attached hydrogens (tertiary/aromatic N) is 2. The molecule has 2 saturated heterocycles. The van der Waals surface area contributed by atoms with Crippen molar-refractivity contribution in [3.8, 4) is 0 Å². The normalized spacial score (nSPS) is 29.2. The minimum absolute atomic E-state index is 0.123. The molecule has 2 rings (SSSR count). The van der Waals surface area contributed by atoms with Gasteiger partial charge in [-0.05, 0) is 19.5 Å². The number of nitrogens with two attached hydrogens (primary N) is 1. The number of β-amino-alcohol motifs (C(OH)–C–C–N with tert-alkyl or cyclic N) is 1. The quantitative estimate of drug-likeness (QED) is 0.537. The zero-order valence-corrected chi connectivity index (χ0v) is 11.0. The molecule has 0 saturated carbocycles. The Morgan fingerprint density at radius 1 is 1.32 bits per heavy atom. The Labute approximate surface area is 112 Å². The lowest BCUT2D eigenvalue weighted by Crippen LogP contribution is -2.48. The topological polar surface area (TPSA) is 98.9 Å². The number of carbonyl (C=O) groups excluding carboxylic acids is 2. The first kappa shape index (κ1) is 14.2. The van der Waals surface area contributed by atoms with Crippen LogP contribution in [0, 0.1) is 0 Å². The molecule has 0 aromatic rings. The second-order valence-electron chi connectivity index (χ2n) is 5.23. The molecule has 0 aliphatic carbocycles. The third kappa shape index (κ3) is 3.65. The van der Waals surface area contributed by atoms with E-state index in [1.165, 1.54) is 4.90 Å². The third-order valence-corrected chi connectivity index (χ3v) is 3.72. The fourth-order valence-corrected chi connectivity index (χ4v) is 2.70. The molecule has 7 heteroatoms. The molecule has 2 fully saturated rings. The molecule has 7 nitrogen and oxygen atoms in total. The van der Waals surface area contributed by atoms with E-state index >= 15 is 0 Å². The Balaban J connectivity index is 1.92. The molecule has 0 aromatic heterocycles. The summed E-state index contributed by atoms with van der Waals surface area (Å²) in [6.45, 7) is 4.03. The lowest BCUT2D eigenvalue weighted by molar-refractivity contribution is -0.138. The highest BCUT2D eigenvalue weighted by Gasteiger charge is 2.37. The van der Waals surface area contributed by atoms with Gasteiger partial charge in [-0.3, -0.25) is 14.5 Å². The molecule has 2 aliphatic rings. The summed E-state index contributed by atoms with van der Waals surface area (Å²) in [6, 6.07) is -0.660. The standard InChI is InChI=1S/C12H22N4O3/c13-12(19)10-6-9(17)7-16(10)11(18)8-15-4-1-2-14-3-5-15/h9-10,14,17H,1-8H2,(H2,13,19). The van der Waals surface area contributed by atoms with Gasteiger partial charge in [0.2, 0.25) is 11.8 Å². The second kappa shape index (κ2) is 6.31. The number of rotatable bonds is 3. The molecule has 2 heterocycles. The van der Waals surface area contributed by atoms with Gasteiger partial charge in [-0.15, -0.1) is 0 Å². The Morgan fingerprint density at radius 2 is 2.11 bits per heavy atom. The van der Waals surface area contributed by atoms with Crippen LogP contribution in [-0.2, 0) is 9.59 Å². The molecule has 0 radical (unpaired) electrons. The molecule has 2 aliphatic heterocycles. The maximum Gasteiger partial charge on any atom is 0.240 e. The van der Waals surface area contributed by atoms with E-state index < -0.39 is 18.1 Å². The van der Waals surface area contributed by atoms with Crippen molar-refractivity contribution in [1.29, 1.82) is 0 Å². The summed E-state index contributed by atoms with van der Waals surface area (Å²) in [5, 5.41) is 12.9. The smallest absolute Gasteiger partial charge is 0.240 e. The zero-order chi connectivity index (χ0) is 13.8. The average molecular weight is 270 g/mol. The molecule has 2 unspecified atom stereocenters. The van der Waals surface area contributed by atoms with Crippen LogP contribution >= 0.6 is 0 Å². The van der Waals surface area contributed by atoms with E-state index in [9.17, 15) is 14.7 Å². The molecule has 0 aromatic carbocycles. The summed E-state index contributed by atoms with van der Waals surface area (Å²) in [5.41, 5.74) is 5.28. The predicted octanol–water partition coefficient (Wildman–Crippen LogP) is -2.27. The lowest BCUT2D eigenvalue weighted by atomic mass is 10.2. The second-order valence-corrected chi connectivity index (χ2v) is 5.23. The van der Waals surface area contributed by atoms with Crippen LogP contribution in [0.3, 0.4) is 0 Å². The van der Waals surface area contributed by atoms with Crippen molar-refractivity contribution in [1.82, 2.24) is 15.1 Å². The minimum atomic E-state index is -0.660. The van der Waals surface area contributed by atoms with E-state index in [1.54, 1.807) is 0 Å². The van der Waals surface area contributed by atoms with Gasteiger partial charge < -0.3 is 21.1 Å². The van der Waals surface area contributed by atoms with E-state index in [0.29, 0.717) is 0 Å². The van der Waals surface area contributed by atoms with Crippen LogP contribution in [0.25, 0.3) is 0 Å². The number of carbonyl (C=O) groups is 2. The van der Waals surface area contributed by atoms with Crippen molar-refractivity contribution < 1.29 is 14.7 Å². The van der Waals surface area contributed by atoms with Gasteiger partial charge in [0.15, 0.2) is 0 Å². The van der Waals surface area contributed by atoms with Crippen LogP contribution < -0.4 is 11.1 Å². The van der Waals surface area contributed by atoms with Crippen LogP contribution in [0.4, 0.5) is 0 Å². The van der Waals surface area contributed by atoms with E-state index in [-0.39, 0.29) is 25.4 Å². The summed E-state index contributed by atoms with van der Waals surface area (Å²) in [4.78, 5) is 27.0. The average Bonchev–Trinajstić information content (AvgIpc) is 2.58. The molecule has 0 spiro atoms. The molecular weight excluding hydrogens is 248 g/mol. The number of nitrogens with one attached hydrogen (secondary N) is 1. The predicted molar refractivity (Wildman–Crippen MR) is 69.2 cm³/mol. The SMILES string of the molecule is NC(=O)C1CC(O)CN1C(=O)CN1CCCNCC1. The van der Waals surface area contributed by atoms with Crippen LogP contribution in [0.1, 0.15) is 12.8 Å². The van der Waals surface area contributed by atoms with Gasteiger partial charge in [0.25, 0.3) is 0 Å². The Bertz CT molecular complexity index is 342. The Kier molecular flexibility index (Phi) is 4.73. The summed E-state index contributed by atoms with van der Waals surface area (Å²) >= 11 is 0. The zero-order valence-electron chi connectivity index (χ0n) is 11.0. The largest absolute Gasteiger partial charge is 0.391 e. The Hall–Kier alpha value is -1.18. The van der Waals surface area contributed by atoms with Gasteiger partial charge >= 0.3 is 0 Å². The Morgan fingerprint density at radius 3 is 2.84 bits per heavy atom. The van der Waals surface area contributed by atoms with Crippen LogP contribution in [0.5, 0.6) is 0 Å². The molecule has 2 atom stereocenters. The summed E-state index contributed by atoms with van der Waals surface area (Å²) in [6.07, 6.45) is 0.616. The van der Waals surface area contributed by atoms with E-state index in [4.69, 9.17) is 5.73 Å². The van der Waals surface area contributed by atoms with Crippen LogP contribution in [0.15, 0.2) is 0 Å². The maximum atomic E-state index is 12.2. The van der Waals surface area contributed by atoms with Gasteiger partial charge in [-0.25, -0.2) is 0 Å². The minimum Gasteiger partial charge on any atom is -0.391 e. The first-order valence-corrected chi connectivity index (χ1v) is 6.78. The maximum absolute atomic E-state index is 12.2. The number of hydrogen-bond donors (Lipinski definition) is 3. The summed E-state index contributed by atoms with van der Waals surface area (Å²) in [7, 11) is 0. The molecule has 2 amide bonds. The van der Waals surface area contributed by atoms with Crippen molar-refractivity contribution >= 4 is 11.8 Å².